The van der Waals surface area contributed by atoms with Gasteiger partial charge in [-0.1, -0.05) is 17.7 Å². The molecule has 0 radical (unpaired) electrons. The van der Waals surface area contributed by atoms with Gasteiger partial charge < -0.3 is 5.11 Å². The van der Waals surface area contributed by atoms with E-state index in [-0.39, 0.29) is 23.9 Å². The summed E-state index contributed by atoms with van der Waals surface area (Å²) in [6.07, 6.45) is 2.00. The van der Waals surface area contributed by atoms with Crippen molar-refractivity contribution in [3.8, 4) is 0 Å². The second kappa shape index (κ2) is 4.19. The van der Waals surface area contributed by atoms with Crippen LogP contribution in [0.4, 0.5) is 0 Å². The average molecular weight is 302 g/mol. The van der Waals surface area contributed by atoms with Crippen molar-refractivity contribution in [1.82, 2.24) is 4.31 Å². The van der Waals surface area contributed by atoms with E-state index in [1.54, 1.807) is 25.1 Å². The summed E-state index contributed by atoms with van der Waals surface area (Å²) in [7, 11) is -3.54. The summed E-state index contributed by atoms with van der Waals surface area (Å²) in [5, 5.41) is 10.7. The third-order valence-electron chi connectivity index (χ3n) is 4.07. The quantitative estimate of drug-likeness (QED) is 0.926. The minimum Gasteiger partial charge on any atom is -0.387 e. The van der Waals surface area contributed by atoms with Gasteiger partial charge in [0, 0.05) is 18.1 Å². The smallest absolute Gasteiger partial charge is 0.243 e. The van der Waals surface area contributed by atoms with Crippen LogP contribution in [0.25, 0.3) is 0 Å². The van der Waals surface area contributed by atoms with Crippen molar-refractivity contribution >= 4 is 21.6 Å². The van der Waals surface area contributed by atoms with E-state index in [4.69, 9.17) is 11.6 Å². The monoisotopic (exact) mass is 301 g/mol. The van der Waals surface area contributed by atoms with Crippen LogP contribution in [0.1, 0.15) is 18.4 Å². The lowest BCUT2D eigenvalue weighted by molar-refractivity contribution is -0.0764. The molecule has 4 nitrogen and oxygen atoms in total. The standard InChI is InChI=1S/C13H16ClNO3S/c1-9-11(14)3-2-4-12(9)19(17,18)15-7-13(16,8-15)10-5-6-10/h2-4,10,16H,5-8H2,1H3. The summed E-state index contributed by atoms with van der Waals surface area (Å²) in [5.74, 6) is 0.277. The first kappa shape index (κ1) is 13.4. The second-order valence-electron chi connectivity index (χ2n) is 5.51. The lowest BCUT2D eigenvalue weighted by Gasteiger charge is -2.45. The van der Waals surface area contributed by atoms with E-state index < -0.39 is 15.6 Å². The van der Waals surface area contributed by atoms with E-state index in [0.29, 0.717) is 10.6 Å². The molecule has 3 rings (SSSR count). The zero-order valence-corrected chi connectivity index (χ0v) is 12.2. The van der Waals surface area contributed by atoms with Crippen molar-refractivity contribution in [2.75, 3.05) is 13.1 Å². The largest absolute Gasteiger partial charge is 0.387 e. The summed E-state index contributed by atoms with van der Waals surface area (Å²) in [6, 6.07) is 4.87. The van der Waals surface area contributed by atoms with E-state index in [2.05, 4.69) is 0 Å². The summed E-state index contributed by atoms with van der Waals surface area (Å²) < 4.78 is 26.3. The number of hydrogen-bond donors (Lipinski definition) is 1. The fourth-order valence-corrected chi connectivity index (χ4v) is 4.66. The third-order valence-corrected chi connectivity index (χ3v) is 6.42. The highest BCUT2D eigenvalue weighted by molar-refractivity contribution is 7.89. The topological polar surface area (TPSA) is 57.6 Å². The first-order valence-corrected chi connectivity index (χ1v) is 8.14. The fourth-order valence-electron chi connectivity index (χ4n) is 2.62. The van der Waals surface area contributed by atoms with Gasteiger partial charge in [0.05, 0.1) is 10.5 Å². The molecule has 1 saturated heterocycles. The number of β-amino-alcohol motifs (C(OH)–C–C–N with tert-alkyl or cyclic N) is 1. The van der Waals surface area contributed by atoms with Crippen LogP contribution in [-0.2, 0) is 10.0 Å². The number of rotatable bonds is 3. The highest BCUT2D eigenvalue weighted by Gasteiger charge is 2.55. The molecule has 0 unspecified atom stereocenters. The molecular weight excluding hydrogens is 286 g/mol. The Hall–Kier alpha value is -0.620. The summed E-state index contributed by atoms with van der Waals surface area (Å²) in [4.78, 5) is 0.234. The molecule has 1 aromatic carbocycles. The maximum absolute atomic E-state index is 12.5. The molecule has 1 N–H and O–H groups in total. The molecule has 1 saturated carbocycles. The Labute approximate surface area is 118 Å². The molecule has 0 aromatic heterocycles. The zero-order valence-electron chi connectivity index (χ0n) is 10.6. The summed E-state index contributed by atoms with van der Waals surface area (Å²) in [5.41, 5.74) is -0.245. The number of benzene rings is 1. The van der Waals surface area contributed by atoms with Crippen molar-refractivity contribution in [3.63, 3.8) is 0 Å². The van der Waals surface area contributed by atoms with Crippen LogP contribution in [0, 0.1) is 12.8 Å². The number of nitrogens with zero attached hydrogens (tertiary/aromatic N) is 1. The summed E-state index contributed by atoms with van der Waals surface area (Å²) in [6.45, 7) is 2.10. The molecule has 1 aliphatic carbocycles. The second-order valence-corrected chi connectivity index (χ2v) is 7.83. The molecule has 2 fully saturated rings. The normalized spacial score (nSPS) is 23.1. The molecule has 1 aliphatic heterocycles. The minimum atomic E-state index is -3.54. The van der Waals surface area contributed by atoms with Crippen LogP contribution < -0.4 is 0 Å². The Bertz CT molecular complexity index is 619. The van der Waals surface area contributed by atoms with Crippen LogP contribution in [0.15, 0.2) is 23.1 Å². The SMILES string of the molecule is Cc1c(Cl)cccc1S(=O)(=O)N1CC(O)(C2CC2)C1. The fraction of sp³-hybridized carbons (Fsp3) is 0.538. The highest BCUT2D eigenvalue weighted by atomic mass is 35.5. The van der Waals surface area contributed by atoms with Gasteiger partial charge in [-0.15, -0.1) is 0 Å². The van der Waals surface area contributed by atoms with Crippen LogP contribution in [0.2, 0.25) is 5.02 Å². The first-order chi connectivity index (χ1) is 8.84. The van der Waals surface area contributed by atoms with Crippen molar-refractivity contribution in [2.45, 2.75) is 30.3 Å². The number of aliphatic hydroxyl groups is 1. The Kier molecular flexibility index (Phi) is 2.94. The third kappa shape index (κ3) is 2.09. The summed E-state index contributed by atoms with van der Waals surface area (Å²) >= 11 is 5.97. The van der Waals surface area contributed by atoms with Crippen LogP contribution in [0.3, 0.4) is 0 Å². The highest BCUT2D eigenvalue weighted by Crippen LogP contribution is 2.46. The molecule has 0 amide bonds. The Morgan fingerprint density at radius 3 is 2.58 bits per heavy atom. The zero-order chi connectivity index (χ0) is 13.8. The van der Waals surface area contributed by atoms with Gasteiger partial charge in [0.25, 0.3) is 0 Å². The van der Waals surface area contributed by atoms with Gasteiger partial charge in [0.15, 0.2) is 0 Å². The Balaban J connectivity index is 1.86. The van der Waals surface area contributed by atoms with E-state index in [9.17, 15) is 13.5 Å². The number of hydrogen-bond acceptors (Lipinski definition) is 3. The molecule has 1 heterocycles. The maximum atomic E-state index is 12.5. The average Bonchev–Trinajstić information content (AvgIpc) is 3.12. The van der Waals surface area contributed by atoms with E-state index in [0.717, 1.165) is 12.8 Å². The van der Waals surface area contributed by atoms with Crippen LogP contribution in [0.5, 0.6) is 0 Å². The minimum absolute atomic E-state index is 0.200. The van der Waals surface area contributed by atoms with Gasteiger partial charge in [-0.3, -0.25) is 0 Å². The lowest BCUT2D eigenvalue weighted by Crippen LogP contribution is -2.64. The predicted octanol–water partition coefficient (Wildman–Crippen LogP) is 1.79. The van der Waals surface area contributed by atoms with E-state index in [1.807, 2.05) is 0 Å². The van der Waals surface area contributed by atoms with Crippen molar-refractivity contribution in [2.24, 2.45) is 5.92 Å². The van der Waals surface area contributed by atoms with Gasteiger partial charge in [0.2, 0.25) is 10.0 Å². The number of sulfonamides is 1. The van der Waals surface area contributed by atoms with Crippen molar-refractivity contribution < 1.29 is 13.5 Å². The molecule has 104 valence electrons. The molecule has 0 bridgehead atoms. The predicted molar refractivity (Wildman–Crippen MR) is 72.6 cm³/mol. The van der Waals surface area contributed by atoms with E-state index in [1.165, 1.54) is 4.31 Å². The van der Waals surface area contributed by atoms with E-state index >= 15 is 0 Å². The Morgan fingerprint density at radius 2 is 2.00 bits per heavy atom. The molecule has 1 aromatic rings. The molecule has 0 atom stereocenters. The number of halogens is 1. The van der Waals surface area contributed by atoms with Gasteiger partial charge in [-0.25, -0.2) is 8.42 Å². The van der Waals surface area contributed by atoms with Gasteiger partial charge in [0.1, 0.15) is 0 Å². The van der Waals surface area contributed by atoms with Gasteiger partial charge in [-0.05, 0) is 43.4 Å². The molecule has 6 heteroatoms. The Morgan fingerprint density at radius 1 is 1.37 bits per heavy atom. The van der Waals surface area contributed by atoms with Crippen LogP contribution in [-0.4, -0.2) is 36.5 Å². The molecule has 2 aliphatic rings. The van der Waals surface area contributed by atoms with Crippen LogP contribution >= 0.6 is 11.6 Å². The van der Waals surface area contributed by atoms with Crippen molar-refractivity contribution in [3.05, 3.63) is 28.8 Å². The molecule has 19 heavy (non-hydrogen) atoms. The molecule has 0 spiro atoms. The van der Waals surface area contributed by atoms with Gasteiger partial charge >= 0.3 is 0 Å². The maximum Gasteiger partial charge on any atom is 0.243 e. The van der Waals surface area contributed by atoms with Gasteiger partial charge in [-0.2, -0.15) is 4.31 Å². The lowest BCUT2D eigenvalue weighted by atomic mass is 9.91. The van der Waals surface area contributed by atoms with Crippen molar-refractivity contribution in [1.29, 1.82) is 0 Å². The molecular formula is C13H16ClNO3S. The first-order valence-electron chi connectivity index (χ1n) is 6.32.